The molecule has 3 rings (SSSR count). The lowest BCUT2D eigenvalue weighted by Gasteiger charge is -2.19. The fourth-order valence-electron chi connectivity index (χ4n) is 2.14. The Morgan fingerprint density at radius 1 is 0.690 bits per heavy atom. The topological polar surface area (TPSA) is 108 Å². The molecule has 29 heavy (non-hydrogen) atoms. The van der Waals surface area contributed by atoms with Crippen LogP contribution in [0, 0.1) is 10.1 Å². The summed E-state index contributed by atoms with van der Waals surface area (Å²) >= 11 is 0. The SMILES string of the molecule is O=C(Oc1ccccc1)N(Oc1ccc([N+](=O)[O-])cc1)C(=O)Oc1ccccc1. The van der Waals surface area contributed by atoms with Gasteiger partial charge >= 0.3 is 12.2 Å². The maximum absolute atomic E-state index is 12.5. The van der Waals surface area contributed by atoms with Crippen molar-refractivity contribution >= 4 is 17.9 Å². The molecule has 0 saturated carbocycles. The van der Waals surface area contributed by atoms with Gasteiger partial charge in [0.05, 0.1) is 4.92 Å². The van der Waals surface area contributed by atoms with E-state index in [1.807, 2.05) is 0 Å². The van der Waals surface area contributed by atoms with E-state index in [1.54, 1.807) is 36.4 Å². The molecule has 0 aromatic heterocycles. The number of hydrogen-bond acceptors (Lipinski definition) is 7. The first-order valence-corrected chi connectivity index (χ1v) is 8.29. The fraction of sp³-hybridized carbons (Fsp3) is 0. The predicted molar refractivity (Wildman–Crippen MR) is 100 cm³/mol. The number of para-hydroxylation sites is 2. The normalized spacial score (nSPS) is 9.93. The van der Waals surface area contributed by atoms with Gasteiger partial charge in [0, 0.05) is 12.1 Å². The van der Waals surface area contributed by atoms with Crippen LogP contribution in [0.3, 0.4) is 0 Å². The van der Waals surface area contributed by atoms with Gasteiger partial charge in [-0.15, -0.1) is 0 Å². The summed E-state index contributed by atoms with van der Waals surface area (Å²) in [5.41, 5.74) is -0.178. The maximum atomic E-state index is 12.5. The van der Waals surface area contributed by atoms with E-state index in [1.165, 1.54) is 48.5 Å². The van der Waals surface area contributed by atoms with Crippen molar-refractivity contribution in [2.75, 3.05) is 0 Å². The monoisotopic (exact) mass is 394 g/mol. The Labute approximate surface area is 164 Å². The summed E-state index contributed by atoms with van der Waals surface area (Å²) in [7, 11) is 0. The number of benzene rings is 3. The molecule has 0 aliphatic carbocycles. The van der Waals surface area contributed by atoms with Crippen LogP contribution in [0.5, 0.6) is 17.2 Å². The van der Waals surface area contributed by atoms with Crippen molar-refractivity contribution in [3.05, 3.63) is 95.0 Å². The first-order valence-electron chi connectivity index (χ1n) is 8.29. The van der Waals surface area contributed by atoms with Gasteiger partial charge in [0.25, 0.3) is 5.69 Å². The fourth-order valence-corrected chi connectivity index (χ4v) is 2.14. The van der Waals surface area contributed by atoms with Crippen molar-refractivity contribution < 1.29 is 28.8 Å². The van der Waals surface area contributed by atoms with Crippen LogP contribution in [0.15, 0.2) is 84.9 Å². The molecule has 146 valence electrons. The van der Waals surface area contributed by atoms with E-state index in [2.05, 4.69) is 0 Å². The number of carbonyl (C=O) groups excluding carboxylic acids is 2. The number of hydrogen-bond donors (Lipinski definition) is 0. The molecule has 9 nitrogen and oxygen atoms in total. The first-order chi connectivity index (χ1) is 14.0. The zero-order chi connectivity index (χ0) is 20.6. The van der Waals surface area contributed by atoms with Gasteiger partial charge in [-0.05, 0) is 41.5 Å². The maximum Gasteiger partial charge on any atom is 0.459 e. The summed E-state index contributed by atoms with van der Waals surface area (Å²) in [4.78, 5) is 40.4. The zero-order valence-electron chi connectivity index (χ0n) is 14.8. The van der Waals surface area contributed by atoms with Gasteiger partial charge < -0.3 is 14.3 Å². The van der Waals surface area contributed by atoms with Gasteiger partial charge in [-0.25, -0.2) is 9.59 Å². The third kappa shape index (κ3) is 5.30. The molecule has 0 N–H and O–H groups in total. The molecule has 0 aliphatic heterocycles. The molecule has 0 radical (unpaired) electrons. The van der Waals surface area contributed by atoms with Crippen LogP contribution in [0.4, 0.5) is 15.3 Å². The number of nitro benzene ring substituents is 1. The molecule has 9 heteroatoms. The van der Waals surface area contributed by atoms with Crippen LogP contribution in [0.2, 0.25) is 0 Å². The Bertz CT molecular complexity index is 939. The average molecular weight is 394 g/mol. The van der Waals surface area contributed by atoms with E-state index in [-0.39, 0.29) is 28.0 Å². The number of nitro groups is 1. The standard InChI is InChI=1S/C20H14N2O7/c23-19(27-16-7-3-1-4-8-16)21(20(24)28-17-9-5-2-6-10-17)29-18-13-11-15(12-14-18)22(25)26/h1-14H. The highest BCUT2D eigenvalue weighted by molar-refractivity contribution is 5.88. The van der Waals surface area contributed by atoms with Crippen molar-refractivity contribution in [3.8, 4) is 17.2 Å². The van der Waals surface area contributed by atoms with Gasteiger partial charge in [0.2, 0.25) is 0 Å². The molecule has 0 spiro atoms. The van der Waals surface area contributed by atoms with Gasteiger partial charge in [0.15, 0.2) is 5.75 Å². The van der Waals surface area contributed by atoms with E-state index < -0.39 is 17.1 Å². The first kappa shape index (κ1) is 19.4. The Morgan fingerprint density at radius 3 is 1.55 bits per heavy atom. The molecular weight excluding hydrogens is 380 g/mol. The van der Waals surface area contributed by atoms with Crippen molar-refractivity contribution in [2.24, 2.45) is 0 Å². The van der Waals surface area contributed by atoms with Crippen molar-refractivity contribution in [1.82, 2.24) is 5.06 Å². The third-order valence-electron chi connectivity index (χ3n) is 3.47. The zero-order valence-corrected chi connectivity index (χ0v) is 14.8. The van der Waals surface area contributed by atoms with Crippen molar-refractivity contribution in [1.29, 1.82) is 0 Å². The van der Waals surface area contributed by atoms with Crippen LogP contribution < -0.4 is 14.3 Å². The van der Waals surface area contributed by atoms with E-state index in [0.29, 0.717) is 0 Å². The number of amides is 2. The van der Waals surface area contributed by atoms with Crippen LogP contribution in [-0.4, -0.2) is 22.2 Å². The van der Waals surface area contributed by atoms with Crippen LogP contribution in [0.25, 0.3) is 0 Å². The molecule has 0 bridgehead atoms. The second-order valence-electron chi connectivity index (χ2n) is 5.50. The van der Waals surface area contributed by atoms with Crippen LogP contribution >= 0.6 is 0 Å². The van der Waals surface area contributed by atoms with Gasteiger partial charge in [-0.1, -0.05) is 36.4 Å². The van der Waals surface area contributed by atoms with E-state index >= 15 is 0 Å². The Morgan fingerprint density at radius 2 is 1.14 bits per heavy atom. The molecule has 2 amide bonds. The summed E-state index contributed by atoms with van der Waals surface area (Å²) in [6.45, 7) is 0. The highest BCUT2D eigenvalue weighted by Gasteiger charge is 2.29. The number of ether oxygens (including phenoxy) is 2. The Hall–Kier alpha value is -4.40. The highest BCUT2D eigenvalue weighted by Crippen LogP contribution is 2.20. The van der Waals surface area contributed by atoms with E-state index in [4.69, 9.17) is 14.3 Å². The summed E-state index contributed by atoms with van der Waals surface area (Å²) < 4.78 is 10.2. The number of rotatable bonds is 5. The lowest BCUT2D eigenvalue weighted by Crippen LogP contribution is -2.43. The summed E-state index contributed by atoms with van der Waals surface area (Å²) in [5, 5.41) is 11.0. The number of hydroxylamine groups is 2. The molecular formula is C20H14N2O7. The predicted octanol–water partition coefficient (Wildman–Crippen LogP) is 4.59. The summed E-state index contributed by atoms with van der Waals surface area (Å²) in [6.07, 6.45) is -2.31. The molecule has 0 fully saturated rings. The minimum atomic E-state index is -1.16. The molecule has 0 unspecified atom stereocenters. The minimum absolute atomic E-state index is 0.00868. The number of non-ortho nitro benzene ring substituents is 1. The lowest BCUT2D eigenvalue weighted by molar-refractivity contribution is -0.384. The Kier molecular flexibility index (Phi) is 6.01. The van der Waals surface area contributed by atoms with Crippen LogP contribution in [-0.2, 0) is 0 Å². The number of nitrogens with zero attached hydrogens (tertiary/aromatic N) is 2. The Balaban J connectivity index is 1.80. The molecule has 0 saturated heterocycles. The third-order valence-corrected chi connectivity index (χ3v) is 3.47. The van der Waals surface area contributed by atoms with E-state index in [9.17, 15) is 19.7 Å². The molecule has 3 aromatic rings. The average Bonchev–Trinajstić information content (AvgIpc) is 2.73. The quantitative estimate of drug-likeness (QED) is 0.460. The van der Waals surface area contributed by atoms with Gasteiger partial charge in [-0.3, -0.25) is 10.1 Å². The van der Waals surface area contributed by atoms with Crippen LogP contribution in [0.1, 0.15) is 0 Å². The number of imide groups is 1. The number of carbonyl (C=O) groups is 2. The van der Waals surface area contributed by atoms with Gasteiger partial charge in [-0.2, -0.15) is 0 Å². The smallest absolute Gasteiger partial charge is 0.408 e. The lowest BCUT2D eigenvalue weighted by atomic mass is 10.3. The largest absolute Gasteiger partial charge is 0.459 e. The second kappa shape index (κ2) is 9.00. The second-order valence-corrected chi connectivity index (χ2v) is 5.50. The molecule has 3 aromatic carbocycles. The van der Waals surface area contributed by atoms with Crippen molar-refractivity contribution in [2.45, 2.75) is 0 Å². The van der Waals surface area contributed by atoms with E-state index in [0.717, 1.165) is 0 Å². The highest BCUT2D eigenvalue weighted by atomic mass is 16.8. The summed E-state index contributed by atoms with van der Waals surface area (Å²) in [6, 6.07) is 20.9. The van der Waals surface area contributed by atoms with Gasteiger partial charge in [0.1, 0.15) is 11.5 Å². The molecule has 0 atom stereocenters. The molecule has 0 aliphatic rings. The van der Waals surface area contributed by atoms with Crippen molar-refractivity contribution in [3.63, 3.8) is 0 Å². The minimum Gasteiger partial charge on any atom is -0.408 e. The summed E-state index contributed by atoms with van der Waals surface area (Å²) in [5.74, 6) is 0.357. The molecule has 0 heterocycles.